The van der Waals surface area contributed by atoms with E-state index in [1.54, 1.807) is 0 Å². The number of nitrogens with one attached hydrogen (secondary N) is 1. The molecule has 1 saturated heterocycles. The van der Waals surface area contributed by atoms with Gasteiger partial charge in [-0.2, -0.15) is 0 Å². The van der Waals surface area contributed by atoms with Crippen LogP contribution >= 0.6 is 28.3 Å². The Morgan fingerprint density at radius 2 is 1.84 bits per heavy atom. The van der Waals surface area contributed by atoms with Gasteiger partial charge in [0.15, 0.2) is 0 Å². The zero-order valence-electron chi connectivity index (χ0n) is 11.8. The van der Waals surface area contributed by atoms with Crippen LogP contribution in [0.25, 0.3) is 0 Å². The highest BCUT2D eigenvalue weighted by molar-refractivity contribution is 9.10. The van der Waals surface area contributed by atoms with E-state index in [4.69, 9.17) is 4.74 Å². The molecule has 0 aliphatic carbocycles. The zero-order chi connectivity index (χ0) is 13.2. The number of benzene rings is 1. The van der Waals surface area contributed by atoms with Crippen molar-refractivity contribution in [3.63, 3.8) is 0 Å². The highest BCUT2D eigenvalue weighted by atomic mass is 79.9. The minimum absolute atomic E-state index is 0. The predicted octanol–water partition coefficient (Wildman–Crippen LogP) is 4.30. The largest absolute Gasteiger partial charge is 0.489 e. The molecule has 0 unspecified atom stereocenters. The first-order valence-electron chi connectivity index (χ1n) is 6.64. The number of piperidine rings is 1. The van der Waals surface area contributed by atoms with Gasteiger partial charge in [-0.1, -0.05) is 26.8 Å². The molecular weight excluding hydrogens is 326 g/mol. The molecule has 1 aliphatic heterocycles. The Kier molecular flexibility index (Phi) is 6.15. The summed E-state index contributed by atoms with van der Waals surface area (Å²) < 4.78 is 7.13. The number of hydrogen-bond donors (Lipinski definition) is 1. The van der Waals surface area contributed by atoms with E-state index in [2.05, 4.69) is 60.2 Å². The monoisotopic (exact) mass is 347 g/mol. The fourth-order valence-corrected chi connectivity index (χ4v) is 2.63. The fourth-order valence-electron chi connectivity index (χ4n) is 2.16. The van der Waals surface area contributed by atoms with Crippen LogP contribution in [0.15, 0.2) is 22.7 Å². The molecule has 108 valence electrons. The number of hydrogen-bond acceptors (Lipinski definition) is 2. The summed E-state index contributed by atoms with van der Waals surface area (Å²) in [5.41, 5.74) is 1.50. The van der Waals surface area contributed by atoms with Crippen LogP contribution in [0, 0.1) is 0 Å². The van der Waals surface area contributed by atoms with Crippen LogP contribution in [-0.2, 0) is 5.41 Å². The predicted molar refractivity (Wildman–Crippen MR) is 86.6 cm³/mol. The van der Waals surface area contributed by atoms with Gasteiger partial charge in [0.2, 0.25) is 0 Å². The molecule has 0 aromatic heterocycles. The third kappa shape index (κ3) is 4.66. The van der Waals surface area contributed by atoms with Crippen molar-refractivity contribution < 1.29 is 4.74 Å². The van der Waals surface area contributed by atoms with E-state index in [1.807, 2.05) is 0 Å². The topological polar surface area (TPSA) is 21.3 Å². The van der Waals surface area contributed by atoms with E-state index in [1.165, 1.54) is 5.56 Å². The normalized spacial score (nSPS) is 16.8. The van der Waals surface area contributed by atoms with Gasteiger partial charge in [0.05, 0.1) is 4.47 Å². The molecule has 0 atom stereocenters. The molecule has 19 heavy (non-hydrogen) atoms. The molecule has 1 aliphatic rings. The van der Waals surface area contributed by atoms with Crippen LogP contribution in [0.5, 0.6) is 5.75 Å². The molecule has 1 N–H and O–H groups in total. The summed E-state index contributed by atoms with van der Waals surface area (Å²) in [4.78, 5) is 0. The van der Waals surface area contributed by atoms with Crippen molar-refractivity contribution in [2.75, 3.05) is 13.1 Å². The summed E-state index contributed by atoms with van der Waals surface area (Å²) in [5, 5.41) is 3.35. The molecule has 4 heteroatoms. The van der Waals surface area contributed by atoms with E-state index in [0.717, 1.165) is 36.2 Å². The summed E-state index contributed by atoms with van der Waals surface area (Å²) >= 11 is 3.63. The quantitative estimate of drug-likeness (QED) is 0.860. The zero-order valence-corrected chi connectivity index (χ0v) is 14.2. The summed E-state index contributed by atoms with van der Waals surface area (Å²) in [7, 11) is 0. The van der Waals surface area contributed by atoms with Gasteiger partial charge in [-0.15, -0.1) is 12.4 Å². The van der Waals surface area contributed by atoms with Crippen molar-refractivity contribution in [1.82, 2.24) is 5.32 Å². The minimum atomic E-state index is 0. The van der Waals surface area contributed by atoms with Crippen LogP contribution in [0.2, 0.25) is 0 Å². The summed E-state index contributed by atoms with van der Waals surface area (Å²) in [6, 6.07) is 6.43. The Hall–Kier alpha value is -0.250. The van der Waals surface area contributed by atoms with Gasteiger partial charge in [0, 0.05) is 0 Å². The molecule has 1 aromatic rings. The third-order valence-corrected chi connectivity index (χ3v) is 4.00. The van der Waals surface area contributed by atoms with Crippen molar-refractivity contribution in [1.29, 1.82) is 0 Å². The second kappa shape index (κ2) is 6.96. The van der Waals surface area contributed by atoms with Gasteiger partial charge < -0.3 is 10.1 Å². The molecule has 1 heterocycles. The van der Waals surface area contributed by atoms with Crippen molar-refractivity contribution >= 4 is 28.3 Å². The lowest BCUT2D eigenvalue weighted by Crippen LogP contribution is -2.34. The second-order valence-corrected chi connectivity index (χ2v) is 6.82. The Morgan fingerprint density at radius 1 is 1.21 bits per heavy atom. The SMILES string of the molecule is CC(C)(C)c1ccc(OC2CCNCC2)c(Br)c1.Cl. The Morgan fingerprint density at radius 3 is 2.37 bits per heavy atom. The summed E-state index contributed by atoms with van der Waals surface area (Å²) in [5.74, 6) is 0.968. The van der Waals surface area contributed by atoms with E-state index >= 15 is 0 Å². The first-order chi connectivity index (χ1) is 8.47. The van der Waals surface area contributed by atoms with Crippen molar-refractivity contribution in [3.8, 4) is 5.75 Å². The molecule has 0 spiro atoms. The second-order valence-electron chi connectivity index (χ2n) is 5.96. The summed E-state index contributed by atoms with van der Waals surface area (Å²) in [6.45, 7) is 8.79. The average molecular weight is 349 g/mol. The number of ether oxygens (including phenoxy) is 1. The van der Waals surface area contributed by atoms with Gasteiger partial charge in [0.25, 0.3) is 0 Å². The lowest BCUT2D eigenvalue weighted by atomic mass is 9.87. The van der Waals surface area contributed by atoms with Crippen LogP contribution < -0.4 is 10.1 Å². The van der Waals surface area contributed by atoms with Crippen LogP contribution in [-0.4, -0.2) is 19.2 Å². The maximum absolute atomic E-state index is 6.07. The lowest BCUT2D eigenvalue weighted by Gasteiger charge is -2.25. The Labute approximate surface area is 130 Å². The maximum Gasteiger partial charge on any atom is 0.133 e. The third-order valence-electron chi connectivity index (χ3n) is 3.38. The van der Waals surface area contributed by atoms with Crippen LogP contribution in [0.1, 0.15) is 39.2 Å². The van der Waals surface area contributed by atoms with Gasteiger partial charge in [0.1, 0.15) is 11.9 Å². The highest BCUT2D eigenvalue weighted by Gasteiger charge is 2.18. The van der Waals surface area contributed by atoms with E-state index < -0.39 is 0 Å². The Bertz CT molecular complexity index is 411. The van der Waals surface area contributed by atoms with E-state index in [-0.39, 0.29) is 17.8 Å². The van der Waals surface area contributed by atoms with Gasteiger partial charge in [-0.25, -0.2) is 0 Å². The molecule has 1 aromatic carbocycles. The van der Waals surface area contributed by atoms with Crippen molar-refractivity contribution in [2.45, 2.75) is 45.1 Å². The molecule has 0 radical (unpaired) electrons. The van der Waals surface area contributed by atoms with E-state index in [0.29, 0.717) is 6.10 Å². The number of rotatable bonds is 2. The molecule has 1 fully saturated rings. The maximum atomic E-state index is 6.07. The molecule has 0 bridgehead atoms. The summed E-state index contributed by atoms with van der Waals surface area (Å²) in [6.07, 6.45) is 2.53. The van der Waals surface area contributed by atoms with Gasteiger partial charge in [-0.3, -0.25) is 0 Å². The lowest BCUT2D eigenvalue weighted by molar-refractivity contribution is 0.161. The number of halogens is 2. The van der Waals surface area contributed by atoms with E-state index in [9.17, 15) is 0 Å². The first kappa shape index (κ1) is 16.8. The minimum Gasteiger partial charge on any atom is -0.489 e. The van der Waals surface area contributed by atoms with Crippen LogP contribution in [0.3, 0.4) is 0 Å². The molecule has 0 amide bonds. The molecular formula is C15H23BrClNO. The van der Waals surface area contributed by atoms with Gasteiger partial charge in [-0.05, 0) is 65.0 Å². The van der Waals surface area contributed by atoms with Crippen molar-refractivity contribution in [3.05, 3.63) is 28.2 Å². The Balaban J connectivity index is 0.00000180. The van der Waals surface area contributed by atoms with Crippen molar-refractivity contribution in [2.24, 2.45) is 0 Å². The highest BCUT2D eigenvalue weighted by Crippen LogP contribution is 2.32. The molecule has 2 nitrogen and oxygen atoms in total. The van der Waals surface area contributed by atoms with Crippen LogP contribution in [0.4, 0.5) is 0 Å². The molecule has 0 saturated carbocycles. The standard InChI is InChI=1S/C15H22BrNO.ClH/c1-15(2,3)11-4-5-14(13(16)10-11)18-12-6-8-17-9-7-12;/h4-5,10,12,17H,6-9H2,1-3H3;1H. The average Bonchev–Trinajstić information content (AvgIpc) is 2.32. The molecule has 2 rings (SSSR count). The fraction of sp³-hybridized carbons (Fsp3) is 0.600. The smallest absolute Gasteiger partial charge is 0.133 e. The van der Waals surface area contributed by atoms with Gasteiger partial charge >= 0.3 is 0 Å². The first-order valence-corrected chi connectivity index (χ1v) is 7.43.